The maximum atomic E-state index is 5.76. The van der Waals surface area contributed by atoms with Gasteiger partial charge >= 0.3 is 21.1 Å². The number of hydrogen-bond acceptors (Lipinski definition) is 4. The fraction of sp³-hybridized carbons (Fsp3) is 0. The van der Waals surface area contributed by atoms with Gasteiger partial charge in [0.15, 0.2) is 0 Å². The van der Waals surface area contributed by atoms with Crippen LogP contribution in [-0.2, 0) is 21.1 Å². The van der Waals surface area contributed by atoms with Crippen molar-refractivity contribution in [3.63, 3.8) is 0 Å². The molecule has 0 saturated heterocycles. The van der Waals surface area contributed by atoms with Crippen molar-refractivity contribution in [1.82, 2.24) is 19.5 Å². The van der Waals surface area contributed by atoms with Crippen LogP contribution in [0.5, 0.6) is 11.8 Å². The molecule has 0 fully saturated rings. The van der Waals surface area contributed by atoms with E-state index >= 15 is 0 Å². The van der Waals surface area contributed by atoms with Gasteiger partial charge in [-0.15, -0.1) is 6.07 Å². The second-order valence-corrected chi connectivity index (χ2v) is 7.23. The zero-order valence-electron chi connectivity index (χ0n) is 17.3. The minimum atomic E-state index is 0. The Hall–Kier alpha value is -3.82. The first-order valence-corrected chi connectivity index (χ1v) is 10.2. The van der Waals surface area contributed by atoms with E-state index < -0.39 is 0 Å². The molecule has 2 aromatic carbocycles. The fourth-order valence-electron chi connectivity index (χ4n) is 3.86. The number of para-hydroxylation sites is 1. The average molecular weight is 608 g/mol. The van der Waals surface area contributed by atoms with Crippen molar-refractivity contribution in [3.05, 3.63) is 110 Å². The minimum Gasteiger partial charge on any atom is -0.434 e. The predicted molar refractivity (Wildman–Crippen MR) is 124 cm³/mol. The molecule has 0 unspecified atom stereocenters. The smallest absolute Gasteiger partial charge is 0.434 e. The van der Waals surface area contributed by atoms with E-state index in [1.165, 1.54) is 0 Å². The topological polar surface area (TPSA) is 52.8 Å². The number of benzene rings is 2. The molecule has 160 valence electrons. The molecule has 0 aliphatic carbocycles. The number of hydrogen-bond donors (Lipinski definition) is 0. The van der Waals surface area contributed by atoms with E-state index in [1.807, 2.05) is 48.5 Å². The van der Waals surface area contributed by atoms with Gasteiger partial charge in [0.05, 0.1) is 0 Å². The Kier molecular flexibility index (Phi) is 5.72. The normalized spacial score (nSPS) is 10.8. The van der Waals surface area contributed by atoms with Gasteiger partial charge in [-0.05, 0) is 41.4 Å². The first-order valence-electron chi connectivity index (χ1n) is 10.2. The molecule has 6 aromatic rings. The van der Waals surface area contributed by atoms with Crippen LogP contribution in [0.2, 0.25) is 0 Å². The third-order valence-electron chi connectivity index (χ3n) is 5.27. The molecule has 4 aromatic heterocycles. The Bertz CT molecular complexity index is 1550. The van der Waals surface area contributed by atoms with Crippen LogP contribution >= 0.6 is 0 Å². The standard InChI is InChI=1S/C27H16N4O.Pt/c1-2-8-23-21(7-1)22-12-11-19(17-24(22)31(23)25-9-3-5-14-28-25)20-13-16-30-27(18-20)32-26-10-4-6-15-29-26;/h1-16H;/q-2;+2. The number of pyridine rings is 3. The van der Waals surface area contributed by atoms with Crippen molar-refractivity contribution >= 4 is 21.8 Å². The summed E-state index contributed by atoms with van der Waals surface area (Å²) in [4.78, 5) is 13.0. The van der Waals surface area contributed by atoms with Gasteiger partial charge in [0, 0.05) is 24.0 Å². The monoisotopic (exact) mass is 607 g/mol. The summed E-state index contributed by atoms with van der Waals surface area (Å²) in [6.07, 6.45) is 5.19. The second-order valence-electron chi connectivity index (χ2n) is 7.23. The molecule has 6 rings (SSSR count). The molecule has 0 radical (unpaired) electrons. The first kappa shape index (κ1) is 21.0. The molecule has 33 heavy (non-hydrogen) atoms. The largest absolute Gasteiger partial charge is 2.00 e. The molecule has 0 amide bonds. The Balaban J connectivity index is 0.00000228. The van der Waals surface area contributed by atoms with Crippen LogP contribution in [-0.4, -0.2) is 19.5 Å². The summed E-state index contributed by atoms with van der Waals surface area (Å²) in [5.74, 6) is 1.69. The quantitative estimate of drug-likeness (QED) is 0.230. The number of fused-ring (bicyclic) bond motifs is 3. The minimum absolute atomic E-state index is 0. The predicted octanol–water partition coefficient (Wildman–Crippen LogP) is 6.03. The second kappa shape index (κ2) is 8.97. The van der Waals surface area contributed by atoms with Crippen LogP contribution in [0.4, 0.5) is 0 Å². The summed E-state index contributed by atoms with van der Waals surface area (Å²) in [5, 5.41) is 2.28. The summed E-state index contributed by atoms with van der Waals surface area (Å²) < 4.78 is 7.90. The summed E-state index contributed by atoms with van der Waals surface area (Å²) in [7, 11) is 0. The first-order chi connectivity index (χ1) is 15.9. The van der Waals surface area contributed by atoms with Gasteiger partial charge in [-0.3, -0.25) is 11.1 Å². The van der Waals surface area contributed by atoms with E-state index in [4.69, 9.17) is 4.74 Å². The van der Waals surface area contributed by atoms with E-state index in [0.29, 0.717) is 11.8 Å². The third-order valence-corrected chi connectivity index (χ3v) is 5.27. The van der Waals surface area contributed by atoms with Gasteiger partial charge in [-0.2, -0.15) is 24.3 Å². The molecule has 0 aliphatic heterocycles. The van der Waals surface area contributed by atoms with Crippen molar-refractivity contribution in [3.8, 4) is 28.7 Å². The van der Waals surface area contributed by atoms with Crippen LogP contribution in [0.1, 0.15) is 0 Å². The van der Waals surface area contributed by atoms with E-state index in [0.717, 1.165) is 38.8 Å². The molecular formula is C27H16N4OPt. The average Bonchev–Trinajstić information content (AvgIpc) is 3.19. The van der Waals surface area contributed by atoms with Crippen LogP contribution in [0.15, 0.2) is 97.5 Å². The van der Waals surface area contributed by atoms with E-state index in [-0.39, 0.29) is 21.1 Å². The summed E-state index contributed by atoms with van der Waals surface area (Å²) >= 11 is 0. The zero-order valence-corrected chi connectivity index (χ0v) is 19.5. The van der Waals surface area contributed by atoms with E-state index in [9.17, 15) is 0 Å². The van der Waals surface area contributed by atoms with Crippen molar-refractivity contribution < 1.29 is 25.8 Å². The van der Waals surface area contributed by atoms with Crippen LogP contribution in [0, 0.1) is 12.1 Å². The molecule has 5 nitrogen and oxygen atoms in total. The Morgan fingerprint density at radius 3 is 2.24 bits per heavy atom. The van der Waals surface area contributed by atoms with Crippen LogP contribution < -0.4 is 4.74 Å². The van der Waals surface area contributed by atoms with Crippen molar-refractivity contribution in [2.75, 3.05) is 0 Å². The Morgan fingerprint density at radius 2 is 1.42 bits per heavy atom. The molecule has 0 aliphatic rings. The number of aromatic nitrogens is 4. The van der Waals surface area contributed by atoms with Gasteiger partial charge in [0.25, 0.3) is 0 Å². The molecule has 0 saturated carbocycles. The van der Waals surface area contributed by atoms with Gasteiger partial charge < -0.3 is 9.30 Å². The van der Waals surface area contributed by atoms with E-state index in [1.54, 1.807) is 24.7 Å². The maximum absolute atomic E-state index is 5.76. The van der Waals surface area contributed by atoms with Gasteiger partial charge in [0.1, 0.15) is 11.7 Å². The number of nitrogens with zero attached hydrogens (tertiary/aromatic N) is 4. The molecule has 0 atom stereocenters. The molecule has 0 N–H and O–H groups in total. The SMILES string of the molecule is [Pt+2].[c-]1c(-c2[c-]c3c(cc2)c2ccccc2n3-c2ccccn2)ccnc1Oc1ccccn1. The number of ether oxygens (including phenoxy) is 1. The third kappa shape index (κ3) is 3.92. The van der Waals surface area contributed by atoms with Crippen molar-refractivity contribution in [2.45, 2.75) is 0 Å². The van der Waals surface area contributed by atoms with Gasteiger partial charge in [-0.25, -0.2) is 15.0 Å². The van der Waals surface area contributed by atoms with Crippen molar-refractivity contribution in [1.29, 1.82) is 0 Å². The maximum Gasteiger partial charge on any atom is 2.00 e. The van der Waals surface area contributed by atoms with Gasteiger partial charge in [-0.1, -0.05) is 35.7 Å². The molecule has 6 heteroatoms. The fourth-order valence-corrected chi connectivity index (χ4v) is 3.86. The number of rotatable bonds is 4. The van der Waals surface area contributed by atoms with Crippen LogP contribution in [0.3, 0.4) is 0 Å². The summed E-state index contributed by atoms with van der Waals surface area (Å²) in [6.45, 7) is 0. The van der Waals surface area contributed by atoms with E-state index in [2.05, 4.69) is 55.9 Å². The van der Waals surface area contributed by atoms with Crippen molar-refractivity contribution in [2.24, 2.45) is 0 Å². The molecule has 0 bridgehead atoms. The Morgan fingerprint density at radius 1 is 0.636 bits per heavy atom. The molecule has 4 heterocycles. The van der Waals surface area contributed by atoms with Gasteiger partial charge in [0.2, 0.25) is 5.88 Å². The van der Waals surface area contributed by atoms with Crippen LogP contribution in [0.25, 0.3) is 38.8 Å². The molecular weight excluding hydrogens is 591 g/mol. The summed E-state index contributed by atoms with van der Waals surface area (Å²) in [6, 6.07) is 32.6. The molecule has 0 spiro atoms. The zero-order chi connectivity index (χ0) is 21.3. The Labute approximate surface area is 205 Å². The summed E-state index contributed by atoms with van der Waals surface area (Å²) in [5.41, 5.74) is 3.78.